The molecule has 0 aromatic carbocycles. The summed E-state index contributed by atoms with van der Waals surface area (Å²) < 4.78 is 1.12. The second-order valence-corrected chi connectivity index (χ2v) is 4.57. The quantitative estimate of drug-likeness (QED) is 0.687. The second kappa shape index (κ2) is 7.50. The maximum Gasteiger partial charge on any atom is 0.325 e. The Bertz CT molecular complexity index is 430. The van der Waals surface area contributed by atoms with Crippen LogP contribution in [0.3, 0.4) is 0 Å². The van der Waals surface area contributed by atoms with Crippen LogP contribution in [0.1, 0.15) is 50.0 Å². The van der Waals surface area contributed by atoms with Gasteiger partial charge >= 0.3 is 5.97 Å². The average molecular weight is 268 g/mol. The minimum atomic E-state index is -1.02. The number of aliphatic carboxylic acids is 1. The molecule has 106 valence electrons. The zero-order valence-corrected chi connectivity index (χ0v) is 11.3. The van der Waals surface area contributed by atoms with Crippen LogP contribution >= 0.6 is 0 Å². The molecule has 0 spiro atoms. The highest BCUT2D eigenvalue weighted by Gasteiger charge is 2.14. The number of unbranched alkanes of at least 4 members (excludes halogenated alkanes) is 2. The lowest BCUT2D eigenvalue weighted by atomic mass is 10.1. The number of hydrogen-bond acceptors (Lipinski definition) is 4. The Balaban J connectivity index is 2.44. The molecule has 7 heteroatoms. The number of carbonyl (C=O) groups excluding carboxylic acids is 1. The summed E-state index contributed by atoms with van der Waals surface area (Å²) in [5, 5.41) is 18.7. The lowest BCUT2D eigenvalue weighted by Crippen LogP contribution is -2.32. The number of carboxylic acids is 1. The highest BCUT2D eigenvalue weighted by molar-refractivity contribution is 5.92. The van der Waals surface area contributed by atoms with E-state index in [4.69, 9.17) is 5.11 Å². The van der Waals surface area contributed by atoms with Crippen LogP contribution in [0, 0.1) is 0 Å². The van der Waals surface area contributed by atoms with Crippen molar-refractivity contribution in [2.24, 2.45) is 0 Å². The lowest BCUT2D eigenvalue weighted by molar-refractivity contribution is -0.137. The maximum atomic E-state index is 11.8. The van der Waals surface area contributed by atoms with Gasteiger partial charge in [0.05, 0.1) is 6.20 Å². The van der Waals surface area contributed by atoms with Gasteiger partial charge in [0, 0.05) is 6.04 Å². The van der Waals surface area contributed by atoms with E-state index in [0.717, 1.165) is 30.4 Å². The first kappa shape index (κ1) is 15.1. The first-order chi connectivity index (χ1) is 9.02. The summed E-state index contributed by atoms with van der Waals surface area (Å²) in [5.74, 6) is -1.34. The van der Waals surface area contributed by atoms with Crippen LogP contribution < -0.4 is 5.32 Å². The molecule has 1 amide bonds. The van der Waals surface area contributed by atoms with Gasteiger partial charge in [-0.3, -0.25) is 9.59 Å². The molecule has 0 saturated carbocycles. The van der Waals surface area contributed by atoms with Crippen LogP contribution in [0.4, 0.5) is 0 Å². The summed E-state index contributed by atoms with van der Waals surface area (Å²) in [7, 11) is 0. The standard InChI is InChI=1S/C12H20N4O3/c1-3-4-5-6-9(2)13-12(19)10-7-16(15-14-10)8-11(17)18/h7,9H,3-6,8H2,1-2H3,(H,13,19)(H,17,18). The van der Waals surface area contributed by atoms with Crippen molar-refractivity contribution in [2.75, 3.05) is 0 Å². The lowest BCUT2D eigenvalue weighted by Gasteiger charge is -2.12. The first-order valence-electron chi connectivity index (χ1n) is 6.45. The number of nitrogens with zero attached hydrogens (tertiary/aromatic N) is 3. The molecule has 0 fully saturated rings. The van der Waals surface area contributed by atoms with Crippen LogP contribution in [-0.4, -0.2) is 38.0 Å². The Morgan fingerprint density at radius 3 is 2.84 bits per heavy atom. The van der Waals surface area contributed by atoms with Crippen molar-refractivity contribution < 1.29 is 14.7 Å². The monoisotopic (exact) mass is 268 g/mol. The fraction of sp³-hybridized carbons (Fsp3) is 0.667. The maximum absolute atomic E-state index is 11.8. The van der Waals surface area contributed by atoms with Gasteiger partial charge in [-0.2, -0.15) is 0 Å². The molecule has 0 aliphatic rings. The molecule has 0 bridgehead atoms. The third-order valence-electron chi connectivity index (χ3n) is 2.69. The molecule has 19 heavy (non-hydrogen) atoms. The van der Waals surface area contributed by atoms with Crippen molar-refractivity contribution in [1.29, 1.82) is 0 Å². The molecule has 0 aliphatic carbocycles. The first-order valence-corrected chi connectivity index (χ1v) is 6.45. The molecule has 1 unspecified atom stereocenters. The SMILES string of the molecule is CCCCCC(C)NC(=O)c1cn(CC(=O)O)nn1. The van der Waals surface area contributed by atoms with E-state index in [1.807, 2.05) is 6.92 Å². The Labute approximate surface area is 112 Å². The largest absolute Gasteiger partial charge is 0.480 e. The predicted octanol–water partition coefficient (Wildman–Crippen LogP) is 1.06. The number of carbonyl (C=O) groups is 2. The third kappa shape index (κ3) is 5.50. The second-order valence-electron chi connectivity index (χ2n) is 4.57. The van der Waals surface area contributed by atoms with E-state index in [-0.39, 0.29) is 24.2 Å². The predicted molar refractivity (Wildman–Crippen MR) is 68.7 cm³/mol. The van der Waals surface area contributed by atoms with Crippen molar-refractivity contribution in [2.45, 2.75) is 52.1 Å². The van der Waals surface area contributed by atoms with Gasteiger partial charge in [-0.1, -0.05) is 31.4 Å². The van der Waals surface area contributed by atoms with E-state index in [9.17, 15) is 9.59 Å². The molecule has 1 aromatic rings. The molecule has 7 nitrogen and oxygen atoms in total. The van der Waals surface area contributed by atoms with Crippen LogP contribution in [0.2, 0.25) is 0 Å². The Morgan fingerprint density at radius 2 is 2.21 bits per heavy atom. The van der Waals surface area contributed by atoms with E-state index < -0.39 is 5.97 Å². The summed E-state index contributed by atoms with van der Waals surface area (Å²) in [6.45, 7) is 3.77. The molecular weight excluding hydrogens is 248 g/mol. The molecule has 1 atom stereocenters. The number of rotatable bonds is 8. The molecule has 1 heterocycles. The summed E-state index contributed by atoms with van der Waals surface area (Å²) in [6.07, 6.45) is 5.62. The van der Waals surface area contributed by atoms with Crippen molar-refractivity contribution in [3.63, 3.8) is 0 Å². The number of hydrogen-bond donors (Lipinski definition) is 2. The average Bonchev–Trinajstić information content (AvgIpc) is 2.77. The number of nitrogens with one attached hydrogen (secondary N) is 1. The van der Waals surface area contributed by atoms with Gasteiger partial charge in [0.2, 0.25) is 0 Å². The summed E-state index contributed by atoms with van der Waals surface area (Å²) >= 11 is 0. The third-order valence-corrected chi connectivity index (χ3v) is 2.69. The van der Waals surface area contributed by atoms with E-state index in [0.29, 0.717) is 0 Å². The minimum absolute atomic E-state index is 0.0728. The van der Waals surface area contributed by atoms with Gasteiger partial charge in [0.25, 0.3) is 5.91 Å². The zero-order valence-electron chi connectivity index (χ0n) is 11.3. The van der Waals surface area contributed by atoms with E-state index in [2.05, 4.69) is 22.6 Å². The highest BCUT2D eigenvalue weighted by atomic mass is 16.4. The van der Waals surface area contributed by atoms with Gasteiger partial charge in [-0.25, -0.2) is 4.68 Å². The van der Waals surface area contributed by atoms with Crippen LogP contribution in [-0.2, 0) is 11.3 Å². The van der Waals surface area contributed by atoms with Gasteiger partial charge in [-0.15, -0.1) is 5.10 Å². The van der Waals surface area contributed by atoms with E-state index in [1.54, 1.807) is 0 Å². The van der Waals surface area contributed by atoms with Crippen molar-refractivity contribution >= 4 is 11.9 Å². The van der Waals surface area contributed by atoms with Crippen molar-refractivity contribution in [1.82, 2.24) is 20.3 Å². The van der Waals surface area contributed by atoms with Crippen LogP contribution in [0.15, 0.2) is 6.20 Å². The summed E-state index contributed by atoms with van der Waals surface area (Å²) in [6, 6.07) is 0.0728. The molecule has 0 saturated heterocycles. The van der Waals surface area contributed by atoms with E-state index in [1.165, 1.54) is 6.20 Å². The molecule has 0 radical (unpaired) electrons. The number of amides is 1. The Kier molecular flexibility index (Phi) is 5.98. The van der Waals surface area contributed by atoms with Gasteiger partial charge in [-0.05, 0) is 13.3 Å². The number of aromatic nitrogens is 3. The molecular formula is C12H20N4O3. The number of carboxylic acid groups (broad SMARTS) is 1. The fourth-order valence-corrected chi connectivity index (χ4v) is 1.69. The van der Waals surface area contributed by atoms with Crippen molar-refractivity contribution in [3.8, 4) is 0 Å². The molecule has 0 aliphatic heterocycles. The van der Waals surface area contributed by atoms with Crippen molar-refractivity contribution in [3.05, 3.63) is 11.9 Å². The molecule has 2 N–H and O–H groups in total. The smallest absolute Gasteiger partial charge is 0.325 e. The molecule has 1 rings (SSSR count). The van der Waals surface area contributed by atoms with E-state index >= 15 is 0 Å². The summed E-state index contributed by atoms with van der Waals surface area (Å²) in [5.41, 5.74) is 0.142. The van der Waals surface area contributed by atoms with Gasteiger partial charge < -0.3 is 10.4 Å². The minimum Gasteiger partial charge on any atom is -0.480 e. The Morgan fingerprint density at radius 1 is 1.47 bits per heavy atom. The zero-order chi connectivity index (χ0) is 14.3. The van der Waals surface area contributed by atoms with Gasteiger partial charge in [0.1, 0.15) is 6.54 Å². The normalized spacial score (nSPS) is 12.1. The van der Waals surface area contributed by atoms with Gasteiger partial charge in [0.15, 0.2) is 5.69 Å². The summed E-state index contributed by atoms with van der Waals surface area (Å²) in [4.78, 5) is 22.3. The topological polar surface area (TPSA) is 97.1 Å². The molecule has 1 aromatic heterocycles. The van der Waals surface area contributed by atoms with Crippen LogP contribution in [0.5, 0.6) is 0 Å². The highest BCUT2D eigenvalue weighted by Crippen LogP contribution is 2.03. The van der Waals surface area contributed by atoms with Crippen LogP contribution in [0.25, 0.3) is 0 Å². The Hall–Kier alpha value is -1.92. The fourth-order valence-electron chi connectivity index (χ4n) is 1.69.